The third-order valence-electron chi connectivity index (χ3n) is 5.86. The molecule has 4 rings (SSSR count). The second-order valence-corrected chi connectivity index (χ2v) is 8.49. The van der Waals surface area contributed by atoms with Gasteiger partial charge in [-0.15, -0.1) is 0 Å². The molecular weight excluding hydrogens is 414 g/mol. The van der Waals surface area contributed by atoms with E-state index >= 15 is 0 Å². The molecule has 1 aliphatic heterocycles. The van der Waals surface area contributed by atoms with Gasteiger partial charge in [-0.25, -0.2) is 0 Å². The first-order valence-corrected chi connectivity index (χ1v) is 11.1. The van der Waals surface area contributed by atoms with Gasteiger partial charge in [-0.2, -0.15) is 0 Å². The molecule has 3 heterocycles. The first-order valence-electron chi connectivity index (χ1n) is 10.8. The summed E-state index contributed by atoms with van der Waals surface area (Å²) in [6.45, 7) is 4.82. The van der Waals surface area contributed by atoms with Crippen LogP contribution in [-0.4, -0.2) is 35.2 Å². The molecule has 1 fully saturated rings. The van der Waals surface area contributed by atoms with Gasteiger partial charge in [0.05, 0.1) is 43.0 Å². The summed E-state index contributed by atoms with van der Waals surface area (Å²) in [5.41, 5.74) is 2.32. The molecule has 6 nitrogen and oxygen atoms in total. The molecule has 0 radical (unpaired) electrons. The normalized spacial score (nSPS) is 18.8. The number of pyridine rings is 2. The fraction of sp³-hybridized carbons (Fsp3) is 0.375. The van der Waals surface area contributed by atoms with Crippen molar-refractivity contribution in [2.24, 2.45) is 5.92 Å². The van der Waals surface area contributed by atoms with Gasteiger partial charge in [0, 0.05) is 11.2 Å². The van der Waals surface area contributed by atoms with Crippen LogP contribution >= 0.6 is 11.6 Å². The fourth-order valence-electron chi connectivity index (χ4n) is 4.38. The molecule has 0 aliphatic carbocycles. The Balaban J connectivity index is 1.66. The van der Waals surface area contributed by atoms with Crippen LogP contribution in [0.4, 0.5) is 0 Å². The van der Waals surface area contributed by atoms with E-state index in [4.69, 9.17) is 16.3 Å². The number of nitrogens with zero attached hydrogens (tertiary/aromatic N) is 2. The van der Waals surface area contributed by atoms with Gasteiger partial charge in [0.1, 0.15) is 12.5 Å². The topological polar surface area (TPSA) is 65.6 Å². The Morgan fingerprint density at radius 3 is 2.94 bits per heavy atom. The van der Waals surface area contributed by atoms with E-state index in [1.165, 1.54) is 4.90 Å². The quantitative estimate of drug-likeness (QED) is 0.598. The first kappa shape index (κ1) is 21.5. The number of benzene rings is 1. The number of carbonyl (C=O) groups is 1. The fourth-order valence-corrected chi connectivity index (χ4v) is 4.55. The number of rotatable bonds is 6. The van der Waals surface area contributed by atoms with Crippen molar-refractivity contribution in [3.8, 4) is 0 Å². The number of fused-ring (bicyclic) bond motifs is 1. The van der Waals surface area contributed by atoms with E-state index in [0.717, 1.165) is 41.5 Å². The summed E-state index contributed by atoms with van der Waals surface area (Å²) < 4.78 is 6.98. The van der Waals surface area contributed by atoms with Crippen LogP contribution in [0.25, 0.3) is 10.9 Å². The van der Waals surface area contributed by atoms with Crippen molar-refractivity contribution in [2.45, 2.75) is 32.9 Å². The number of aromatic nitrogens is 2. The summed E-state index contributed by atoms with van der Waals surface area (Å²) in [4.78, 5) is 31.3. The molecule has 31 heavy (non-hydrogen) atoms. The molecule has 2 aromatic heterocycles. The van der Waals surface area contributed by atoms with E-state index in [2.05, 4.69) is 4.98 Å². The smallest absolute Gasteiger partial charge is 0.314 e. The number of esters is 1. The highest BCUT2D eigenvalue weighted by atomic mass is 35.5. The molecule has 7 heteroatoms. The molecule has 0 spiro atoms. The van der Waals surface area contributed by atoms with Crippen molar-refractivity contribution < 1.29 is 14.4 Å². The van der Waals surface area contributed by atoms with Crippen molar-refractivity contribution in [3.63, 3.8) is 0 Å². The number of likely N-dealkylation sites (tertiary alicyclic amines) is 1. The van der Waals surface area contributed by atoms with Gasteiger partial charge >= 0.3 is 5.97 Å². The number of quaternary nitrogens is 1. The first-order chi connectivity index (χ1) is 15.0. The largest absolute Gasteiger partial charge is 0.466 e. The average molecular weight is 441 g/mol. The maximum Gasteiger partial charge on any atom is 0.314 e. The minimum atomic E-state index is -0.125. The van der Waals surface area contributed by atoms with E-state index in [9.17, 15) is 9.59 Å². The summed E-state index contributed by atoms with van der Waals surface area (Å²) in [5.74, 6) is -0.223. The van der Waals surface area contributed by atoms with Gasteiger partial charge < -0.3 is 14.2 Å². The molecule has 2 unspecified atom stereocenters. The Bertz CT molecular complexity index is 1130. The van der Waals surface area contributed by atoms with E-state index < -0.39 is 0 Å². The number of ether oxygens (including phenoxy) is 1. The summed E-state index contributed by atoms with van der Waals surface area (Å²) in [5, 5.41) is 1.56. The SMILES string of the molecule is CCOC(=O)C1CCC[NH+](Cc2cc3ccc(Cl)cc3n(Cc3ccccn3)c2=O)C1. The molecule has 2 atom stereocenters. The molecule has 0 bridgehead atoms. The van der Waals surface area contributed by atoms with Crippen LogP contribution in [0.15, 0.2) is 53.5 Å². The number of hydrogen-bond donors (Lipinski definition) is 1. The lowest BCUT2D eigenvalue weighted by Gasteiger charge is -2.28. The summed E-state index contributed by atoms with van der Waals surface area (Å²) >= 11 is 6.23. The molecule has 1 aromatic carbocycles. The Labute approximate surface area is 186 Å². The van der Waals surface area contributed by atoms with Crippen LogP contribution in [0.3, 0.4) is 0 Å². The van der Waals surface area contributed by atoms with Crippen LogP contribution in [0, 0.1) is 5.92 Å². The highest BCUT2D eigenvalue weighted by Crippen LogP contribution is 2.20. The lowest BCUT2D eigenvalue weighted by molar-refractivity contribution is -0.921. The number of halogens is 1. The minimum absolute atomic E-state index is 0.0359. The van der Waals surface area contributed by atoms with Gasteiger partial charge in [-0.3, -0.25) is 14.6 Å². The van der Waals surface area contributed by atoms with Gasteiger partial charge in [-0.1, -0.05) is 23.7 Å². The van der Waals surface area contributed by atoms with E-state index in [1.54, 1.807) is 10.8 Å². The lowest BCUT2D eigenvalue weighted by atomic mass is 9.97. The zero-order valence-electron chi connectivity index (χ0n) is 17.6. The molecule has 3 aromatic rings. The molecular formula is C24H27ClN3O3+. The van der Waals surface area contributed by atoms with E-state index in [-0.39, 0.29) is 17.4 Å². The predicted octanol–water partition coefficient (Wildman–Crippen LogP) is 2.46. The average Bonchev–Trinajstić information content (AvgIpc) is 2.78. The molecule has 0 saturated carbocycles. The zero-order chi connectivity index (χ0) is 21.8. The number of hydrogen-bond acceptors (Lipinski definition) is 4. The van der Waals surface area contributed by atoms with Crippen molar-refractivity contribution in [2.75, 3.05) is 19.7 Å². The Morgan fingerprint density at radius 1 is 1.29 bits per heavy atom. The molecule has 1 aliphatic rings. The van der Waals surface area contributed by atoms with Crippen molar-refractivity contribution >= 4 is 28.5 Å². The monoisotopic (exact) mass is 440 g/mol. The maximum atomic E-state index is 13.5. The molecule has 1 N–H and O–H groups in total. The zero-order valence-corrected chi connectivity index (χ0v) is 18.4. The van der Waals surface area contributed by atoms with Crippen LogP contribution in [0.2, 0.25) is 5.02 Å². The van der Waals surface area contributed by atoms with Crippen LogP contribution in [0.5, 0.6) is 0 Å². The molecule has 1 saturated heterocycles. The van der Waals surface area contributed by atoms with Gasteiger partial charge in [-0.05, 0) is 55.5 Å². The Morgan fingerprint density at radius 2 is 2.16 bits per heavy atom. The van der Waals surface area contributed by atoms with Crippen LogP contribution in [-0.2, 0) is 22.6 Å². The summed E-state index contributed by atoms with van der Waals surface area (Å²) in [6.07, 6.45) is 3.53. The van der Waals surface area contributed by atoms with Crippen molar-refractivity contribution in [1.29, 1.82) is 0 Å². The highest BCUT2D eigenvalue weighted by Gasteiger charge is 2.30. The van der Waals surface area contributed by atoms with E-state index in [0.29, 0.717) is 31.3 Å². The maximum absolute atomic E-state index is 13.5. The van der Waals surface area contributed by atoms with Crippen molar-refractivity contribution in [3.05, 3.63) is 75.3 Å². The Hall–Kier alpha value is -2.70. The third-order valence-corrected chi connectivity index (χ3v) is 6.09. The second-order valence-electron chi connectivity index (χ2n) is 8.06. The van der Waals surface area contributed by atoms with E-state index in [1.807, 2.05) is 49.4 Å². The third kappa shape index (κ3) is 4.97. The Kier molecular flexibility index (Phi) is 6.68. The van der Waals surface area contributed by atoms with Crippen molar-refractivity contribution in [1.82, 2.24) is 9.55 Å². The molecule has 0 amide bonds. The predicted molar refractivity (Wildman–Crippen MR) is 120 cm³/mol. The number of piperidine rings is 1. The van der Waals surface area contributed by atoms with Gasteiger partial charge in [0.25, 0.3) is 5.56 Å². The minimum Gasteiger partial charge on any atom is -0.466 e. The highest BCUT2D eigenvalue weighted by molar-refractivity contribution is 6.31. The van der Waals surface area contributed by atoms with Gasteiger partial charge in [0.2, 0.25) is 0 Å². The van der Waals surface area contributed by atoms with Crippen LogP contribution < -0.4 is 10.5 Å². The van der Waals surface area contributed by atoms with Crippen LogP contribution in [0.1, 0.15) is 31.0 Å². The summed E-state index contributed by atoms with van der Waals surface area (Å²) in [6, 6.07) is 13.3. The number of nitrogens with one attached hydrogen (secondary N) is 1. The second kappa shape index (κ2) is 9.62. The van der Waals surface area contributed by atoms with Gasteiger partial charge in [0.15, 0.2) is 0 Å². The summed E-state index contributed by atoms with van der Waals surface area (Å²) in [7, 11) is 0. The molecule has 162 valence electrons. The standard InChI is InChI=1S/C24H26ClN3O3/c1-2-31-24(30)18-6-5-11-27(14-18)15-19-12-17-8-9-20(25)13-22(17)28(23(19)29)16-21-7-3-4-10-26-21/h3-4,7-10,12-13,18H,2,5-6,11,14-16H2,1H3/p+1. The lowest BCUT2D eigenvalue weighted by Crippen LogP contribution is -3.12. The number of carbonyl (C=O) groups excluding carboxylic acids is 1.